The zero-order valence-electron chi connectivity index (χ0n) is 15.5. The molecule has 27 heavy (non-hydrogen) atoms. The molecule has 3 aromatic carbocycles. The highest BCUT2D eigenvalue weighted by atomic mass is 15.0. The molecule has 0 radical (unpaired) electrons. The standard InChI is InChI=1S/C25H20N2/c1-3-4-9-18(2)22-16-19(17-26)14-15-25(22)27-23-12-7-5-10-20(23)21-11-6-8-13-24(21)27/h3-16H,1-2H3/b4-3-,18-9+. The maximum Gasteiger partial charge on any atom is 0.0991 e. The van der Waals surface area contributed by atoms with Gasteiger partial charge < -0.3 is 4.57 Å². The molecule has 0 amide bonds. The van der Waals surface area contributed by atoms with Crippen molar-refractivity contribution < 1.29 is 0 Å². The van der Waals surface area contributed by atoms with Crippen LogP contribution in [0.2, 0.25) is 0 Å². The van der Waals surface area contributed by atoms with Crippen LogP contribution in [0.15, 0.2) is 85.0 Å². The first-order chi connectivity index (χ1) is 13.2. The quantitative estimate of drug-likeness (QED) is 0.382. The Morgan fingerprint density at radius 2 is 1.56 bits per heavy atom. The van der Waals surface area contributed by atoms with Crippen molar-refractivity contribution >= 4 is 27.4 Å². The first-order valence-electron chi connectivity index (χ1n) is 9.07. The summed E-state index contributed by atoms with van der Waals surface area (Å²) in [5, 5.41) is 11.9. The van der Waals surface area contributed by atoms with Crippen molar-refractivity contribution in [1.29, 1.82) is 5.26 Å². The van der Waals surface area contributed by atoms with Crippen LogP contribution in [-0.2, 0) is 0 Å². The van der Waals surface area contributed by atoms with E-state index < -0.39 is 0 Å². The van der Waals surface area contributed by atoms with Crippen LogP contribution in [0.5, 0.6) is 0 Å². The van der Waals surface area contributed by atoms with Crippen LogP contribution in [0.25, 0.3) is 33.1 Å². The first-order valence-corrected chi connectivity index (χ1v) is 9.07. The Hall–Kier alpha value is -3.57. The molecule has 0 N–H and O–H groups in total. The monoisotopic (exact) mass is 348 g/mol. The number of nitriles is 1. The normalized spacial score (nSPS) is 12.1. The summed E-state index contributed by atoms with van der Waals surface area (Å²) in [6, 6.07) is 25.1. The number of benzene rings is 3. The van der Waals surface area contributed by atoms with E-state index in [1.165, 1.54) is 21.8 Å². The molecule has 0 aliphatic carbocycles. The predicted octanol–water partition coefficient (Wildman–Crippen LogP) is 6.63. The van der Waals surface area contributed by atoms with Crippen molar-refractivity contribution in [2.75, 3.05) is 0 Å². The van der Waals surface area contributed by atoms with E-state index in [-0.39, 0.29) is 0 Å². The van der Waals surface area contributed by atoms with Gasteiger partial charge in [0.1, 0.15) is 0 Å². The maximum atomic E-state index is 9.39. The van der Waals surface area contributed by atoms with Gasteiger partial charge in [0.15, 0.2) is 0 Å². The van der Waals surface area contributed by atoms with Gasteiger partial charge in [-0.25, -0.2) is 0 Å². The van der Waals surface area contributed by atoms with Crippen LogP contribution in [0.4, 0.5) is 0 Å². The molecule has 0 aliphatic heterocycles. The van der Waals surface area contributed by atoms with Gasteiger partial charge in [-0.1, -0.05) is 54.6 Å². The van der Waals surface area contributed by atoms with Gasteiger partial charge in [-0.05, 0) is 49.8 Å². The van der Waals surface area contributed by atoms with Gasteiger partial charge in [-0.3, -0.25) is 0 Å². The number of para-hydroxylation sites is 2. The van der Waals surface area contributed by atoms with Crippen LogP contribution in [0.1, 0.15) is 25.0 Å². The first kappa shape index (κ1) is 16.9. The van der Waals surface area contributed by atoms with Gasteiger partial charge in [-0.2, -0.15) is 5.26 Å². The Labute approximate surface area is 159 Å². The molecule has 130 valence electrons. The number of allylic oxidation sites excluding steroid dienone is 4. The molecule has 0 saturated heterocycles. The molecule has 4 aromatic rings. The lowest BCUT2D eigenvalue weighted by Crippen LogP contribution is -1.99. The minimum absolute atomic E-state index is 0.669. The zero-order chi connectivity index (χ0) is 18.8. The van der Waals surface area contributed by atoms with Crippen molar-refractivity contribution in [3.8, 4) is 11.8 Å². The van der Waals surface area contributed by atoms with Gasteiger partial charge in [0.05, 0.1) is 28.4 Å². The third kappa shape index (κ3) is 2.84. The average molecular weight is 348 g/mol. The lowest BCUT2D eigenvalue weighted by molar-refractivity contribution is 1.16. The van der Waals surface area contributed by atoms with Crippen LogP contribution < -0.4 is 0 Å². The highest BCUT2D eigenvalue weighted by Gasteiger charge is 2.15. The second-order valence-corrected chi connectivity index (χ2v) is 6.59. The van der Waals surface area contributed by atoms with E-state index in [1.54, 1.807) is 0 Å². The molecule has 0 fully saturated rings. The number of fused-ring (bicyclic) bond motifs is 3. The SMILES string of the molecule is C/C=C\C=C(/C)c1cc(C#N)ccc1-n1c2ccccc2c2ccccc21. The van der Waals surface area contributed by atoms with Crippen LogP contribution in [0.3, 0.4) is 0 Å². The second-order valence-electron chi connectivity index (χ2n) is 6.59. The second kappa shape index (κ2) is 6.97. The maximum absolute atomic E-state index is 9.39. The molecule has 0 atom stereocenters. The summed E-state index contributed by atoms with van der Waals surface area (Å²) < 4.78 is 2.30. The Morgan fingerprint density at radius 3 is 2.15 bits per heavy atom. The largest absolute Gasteiger partial charge is 0.309 e. The molecule has 1 heterocycles. The predicted molar refractivity (Wildman–Crippen MR) is 114 cm³/mol. The third-order valence-electron chi connectivity index (χ3n) is 4.91. The van der Waals surface area contributed by atoms with E-state index in [4.69, 9.17) is 0 Å². The molecule has 4 rings (SSSR count). The summed E-state index contributed by atoms with van der Waals surface area (Å²) in [5.41, 5.74) is 6.29. The number of hydrogen-bond acceptors (Lipinski definition) is 1. The summed E-state index contributed by atoms with van der Waals surface area (Å²) in [6.07, 6.45) is 6.13. The van der Waals surface area contributed by atoms with Crippen LogP contribution >= 0.6 is 0 Å². The van der Waals surface area contributed by atoms with Crippen molar-refractivity contribution in [1.82, 2.24) is 4.57 Å². The molecule has 2 nitrogen and oxygen atoms in total. The van der Waals surface area contributed by atoms with E-state index >= 15 is 0 Å². The Morgan fingerprint density at radius 1 is 0.926 bits per heavy atom. The Balaban J connectivity index is 2.11. The third-order valence-corrected chi connectivity index (χ3v) is 4.91. The number of nitrogens with zero attached hydrogens (tertiary/aromatic N) is 2. The lowest BCUT2D eigenvalue weighted by atomic mass is 10.0. The minimum Gasteiger partial charge on any atom is -0.309 e. The number of hydrogen-bond donors (Lipinski definition) is 0. The topological polar surface area (TPSA) is 28.7 Å². The van der Waals surface area contributed by atoms with Gasteiger partial charge in [0, 0.05) is 16.3 Å². The average Bonchev–Trinajstić information content (AvgIpc) is 3.06. The van der Waals surface area contributed by atoms with E-state index in [1.807, 2.05) is 31.2 Å². The Bertz CT molecular complexity index is 1190. The summed E-state index contributed by atoms with van der Waals surface area (Å²) in [7, 11) is 0. The molecule has 0 spiro atoms. The number of rotatable bonds is 3. The molecule has 1 aromatic heterocycles. The molecule has 0 unspecified atom stereocenters. The fourth-order valence-corrected chi connectivity index (χ4v) is 3.63. The summed E-state index contributed by atoms with van der Waals surface area (Å²) in [4.78, 5) is 0. The van der Waals surface area contributed by atoms with Crippen LogP contribution in [0, 0.1) is 11.3 Å². The fourth-order valence-electron chi connectivity index (χ4n) is 3.63. The van der Waals surface area contributed by atoms with Gasteiger partial charge in [0.2, 0.25) is 0 Å². The number of aromatic nitrogens is 1. The molecule has 0 saturated carbocycles. The summed E-state index contributed by atoms with van der Waals surface area (Å²) >= 11 is 0. The van der Waals surface area contributed by atoms with E-state index in [2.05, 4.69) is 78.2 Å². The molecule has 0 bridgehead atoms. The van der Waals surface area contributed by atoms with Crippen molar-refractivity contribution in [2.45, 2.75) is 13.8 Å². The van der Waals surface area contributed by atoms with E-state index in [9.17, 15) is 5.26 Å². The lowest BCUT2D eigenvalue weighted by Gasteiger charge is -2.14. The summed E-state index contributed by atoms with van der Waals surface area (Å²) in [5.74, 6) is 0. The van der Waals surface area contributed by atoms with Crippen molar-refractivity contribution in [3.63, 3.8) is 0 Å². The van der Waals surface area contributed by atoms with Crippen molar-refractivity contribution in [3.05, 3.63) is 96.1 Å². The molecular formula is C25H20N2. The molecule has 2 heteroatoms. The minimum atomic E-state index is 0.669. The highest BCUT2D eigenvalue weighted by molar-refractivity contribution is 6.09. The zero-order valence-corrected chi connectivity index (χ0v) is 15.5. The molecule has 0 aliphatic rings. The van der Waals surface area contributed by atoms with E-state index in [0.29, 0.717) is 5.56 Å². The van der Waals surface area contributed by atoms with Gasteiger partial charge in [0.25, 0.3) is 0 Å². The molecular weight excluding hydrogens is 328 g/mol. The van der Waals surface area contributed by atoms with Gasteiger partial charge in [-0.15, -0.1) is 0 Å². The smallest absolute Gasteiger partial charge is 0.0991 e. The van der Waals surface area contributed by atoms with E-state index in [0.717, 1.165) is 16.8 Å². The Kier molecular flexibility index (Phi) is 4.36. The van der Waals surface area contributed by atoms with Gasteiger partial charge >= 0.3 is 0 Å². The highest BCUT2D eigenvalue weighted by Crippen LogP contribution is 2.34. The fraction of sp³-hybridized carbons (Fsp3) is 0.0800. The summed E-state index contributed by atoms with van der Waals surface area (Å²) in [6.45, 7) is 4.09. The van der Waals surface area contributed by atoms with Crippen LogP contribution in [-0.4, -0.2) is 4.57 Å². The van der Waals surface area contributed by atoms with Crippen molar-refractivity contribution in [2.24, 2.45) is 0 Å².